The molecule has 0 bridgehead atoms. The molecule has 0 spiro atoms. The first-order valence-corrected chi connectivity index (χ1v) is 11.6. The minimum Gasteiger partial charge on any atom is -0.394 e. The molecule has 37 heavy (non-hydrogen) atoms. The Morgan fingerprint density at radius 1 is 0.649 bits per heavy atom. The zero-order valence-corrected chi connectivity index (χ0v) is 19.7. The van der Waals surface area contributed by atoms with Gasteiger partial charge < -0.3 is 80.1 Å². The van der Waals surface area contributed by atoms with E-state index in [9.17, 15) is 55.9 Å². The second-order valence-electron chi connectivity index (χ2n) is 9.07. The molecule has 3 aliphatic rings. The Kier molecular flexibility index (Phi) is 10.5. The van der Waals surface area contributed by atoms with E-state index in [1.165, 1.54) is 0 Å². The van der Waals surface area contributed by atoms with Crippen molar-refractivity contribution in [3.63, 3.8) is 0 Å². The van der Waals surface area contributed by atoms with Gasteiger partial charge in [0, 0.05) is 6.92 Å². The van der Waals surface area contributed by atoms with Crippen LogP contribution in [0.15, 0.2) is 0 Å². The van der Waals surface area contributed by atoms with E-state index in [1.54, 1.807) is 0 Å². The first kappa shape index (κ1) is 30.4. The van der Waals surface area contributed by atoms with Crippen LogP contribution in [-0.2, 0) is 28.5 Å². The molecule has 0 aromatic rings. The summed E-state index contributed by atoms with van der Waals surface area (Å²) in [7, 11) is 0. The molecule has 11 N–H and O–H groups in total. The summed E-state index contributed by atoms with van der Waals surface area (Å²) in [5.41, 5.74) is 0. The van der Waals surface area contributed by atoms with Gasteiger partial charge in [0.2, 0.25) is 5.91 Å². The van der Waals surface area contributed by atoms with Gasteiger partial charge in [0.05, 0.1) is 19.8 Å². The number of aliphatic hydroxyl groups is 10. The zero-order valence-electron chi connectivity index (χ0n) is 19.7. The highest BCUT2D eigenvalue weighted by Gasteiger charge is 2.53. The number of nitrogens with one attached hydrogen (secondary N) is 1. The fourth-order valence-electron chi connectivity index (χ4n) is 4.45. The standard InChI is InChI=1S/C20H35NO16/c1-5(25)21-9-12(28)16(36-20-15(31)13(29)10(26)7(3-23)34-20)8(4-24)35-19(9)37-17-14(30)11(27)6(2-22)33-18(17)32/h6-20,22-24,26-32H,2-4H2,1H3,(H,21,25)/t6-,7-,8-,9-,10+,11-,12-,13+,14+,15-,16-,17+,18+,19+,20+/m1/s1. The SMILES string of the molecule is CC(=O)N[C@H]1[C@H](O[C@H]2[C@@H](O)[C@H](O)[C@@H](CO)O[C@@H]2O)O[C@H](CO)[C@@H](O[C@@H]2O[C@H](CO)[C@H](O)[C@H](O)[C@H]2O)[C@@H]1O. The van der Waals surface area contributed by atoms with E-state index in [2.05, 4.69) is 5.32 Å². The smallest absolute Gasteiger partial charge is 0.217 e. The molecule has 0 saturated carbocycles. The molecule has 0 aromatic heterocycles. The predicted octanol–water partition coefficient (Wildman–Crippen LogP) is -7.43. The third-order valence-corrected chi connectivity index (χ3v) is 6.50. The summed E-state index contributed by atoms with van der Waals surface area (Å²) in [5, 5.41) is 103. The number of ether oxygens (including phenoxy) is 5. The Bertz CT molecular complexity index is 745. The summed E-state index contributed by atoms with van der Waals surface area (Å²) in [4.78, 5) is 11.9. The molecule has 3 fully saturated rings. The van der Waals surface area contributed by atoms with Gasteiger partial charge >= 0.3 is 0 Å². The lowest BCUT2D eigenvalue weighted by atomic mass is 9.94. The van der Waals surface area contributed by atoms with Crippen LogP contribution in [0, 0.1) is 0 Å². The molecular formula is C20H35NO16. The Hall–Kier alpha value is -1.13. The average Bonchev–Trinajstić information content (AvgIpc) is 2.86. The van der Waals surface area contributed by atoms with Gasteiger partial charge in [-0.1, -0.05) is 0 Å². The molecule has 17 nitrogen and oxygen atoms in total. The molecule has 0 aliphatic carbocycles. The molecule has 3 aliphatic heterocycles. The fourth-order valence-corrected chi connectivity index (χ4v) is 4.45. The van der Waals surface area contributed by atoms with E-state index in [0.29, 0.717) is 0 Å². The minimum atomic E-state index is -1.87. The Morgan fingerprint density at radius 2 is 1.16 bits per heavy atom. The van der Waals surface area contributed by atoms with Crippen molar-refractivity contribution in [1.82, 2.24) is 5.32 Å². The fraction of sp³-hybridized carbons (Fsp3) is 0.950. The van der Waals surface area contributed by atoms with Crippen LogP contribution in [0.5, 0.6) is 0 Å². The van der Waals surface area contributed by atoms with Crippen LogP contribution in [0.25, 0.3) is 0 Å². The molecule has 0 unspecified atom stereocenters. The molecule has 17 heteroatoms. The van der Waals surface area contributed by atoms with E-state index in [-0.39, 0.29) is 0 Å². The van der Waals surface area contributed by atoms with E-state index in [4.69, 9.17) is 23.7 Å². The second kappa shape index (κ2) is 12.8. The Labute approximate surface area is 210 Å². The van der Waals surface area contributed by atoms with Crippen molar-refractivity contribution in [3.8, 4) is 0 Å². The van der Waals surface area contributed by atoms with Crippen molar-refractivity contribution >= 4 is 5.91 Å². The maximum atomic E-state index is 11.9. The van der Waals surface area contributed by atoms with Crippen LogP contribution < -0.4 is 5.32 Å². The summed E-state index contributed by atoms with van der Waals surface area (Å²) in [6.45, 7) is -1.20. The molecular weight excluding hydrogens is 510 g/mol. The summed E-state index contributed by atoms with van der Waals surface area (Å²) in [6, 6.07) is -1.48. The zero-order chi connectivity index (χ0) is 27.6. The molecule has 0 aromatic carbocycles. The molecule has 3 heterocycles. The Balaban J connectivity index is 1.81. The topological polar surface area (TPSA) is 278 Å². The van der Waals surface area contributed by atoms with Crippen LogP contribution in [-0.4, -0.2) is 169 Å². The van der Waals surface area contributed by atoms with Gasteiger partial charge in [0.1, 0.15) is 73.2 Å². The third-order valence-electron chi connectivity index (χ3n) is 6.50. The lowest BCUT2D eigenvalue weighted by Crippen LogP contribution is -2.69. The largest absolute Gasteiger partial charge is 0.394 e. The summed E-state index contributed by atoms with van der Waals surface area (Å²) >= 11 is 0. The van der Waals surface area contributed by atoms with E-state index in [0.717, 1.165) is 6.92 Å². The lowest BCUT2D eigenvalue weighted by molar-refractivity contribution is -0.369. The van der Waals surface area contributed by atoms with Gasteiger partial charge in [-0.05, 0) is 0 Å². The number of amides is 1. The van der Waals surface area contributed by atoms with Crippen LogP contribution >= 0.6 is 0 Å². The normalized spacial score (nSPS) is 49.0. The Morgan fingerprint density at radius 3 is 1.73 bits per heavy atom. The van der Waals surface area contributed by atoms with Gasteiger partial charge in [0.25, 0.3) is 0 Å². The van der Waals surface area contributed by atoms with Gasteiger partial charge in [-0.3, -0.25) is 4.79 Å². The lowest BCUT2D eigenvalue weighted by Gasteiger charge is -2.48. The molecule has 15 atom stereocenters. The monoisotopic (exact) mass is 545 g/mol. The van der Waals surface area contributed by atoms with E-state index < -0.39 is 118 Å². The van der Waals surface area contributed by atoms with Gasteiger partial charge in [0.15, 0.2) is 18.9 Å². The quantitative estimate of drug-likeness (QED) is 0.135. The summed E-state index contributed by atoms with van der Waals surface area (Å²) < 4.78 is 27.0. The van der Waals surface area contributed by atoms with Crippen LogP contribution in [0.1, 0.15) is 6.92 Å². The average molecular weight is 545 g/mol. The molecule has 3 rings (SSSR count). The molecule has 216 valence electrons. The van der Waals surface area contributed by atoms with E-state index in [1.807, 2.05) is 0 Å². The van der Waals surface area contributed by atoms with Crippen molar-refractivity contribution < 1.29 is 79.5 Å². The van der Waals surface area contributed by atoms with Gasteiger partial charge in [-0.15, -0.1) is 0 Å². The second-order valence-corrected chi connectivity index (χ2v) is 9.07. The molecule has 3 saturated heterocycles. The minimum absolute atomic E-state index is 0.684. The first-order chi connectivity index (χ1) is 17.4. The number of carbonyl (C=O) groups is 1. The molecule has 0 radical (unpaired) electrons. The molecule has 1 amide bonds. The highest BCUT2D eigenvalue weighted by Crippen LogP contribution is 2.32. The summed E-state index contributed by atoms with van der Waals surface area (Å²) in [5.74, 6) is -0.684. The van der Waals surface area contributed by atoms with Crippen molar-refractivity contribution in [2.75, 3.05) is 19.8 Å². The van der Waals surface area contributed by atoms with Crippen LogP contribution in [0.2, 0.25) is 0 Å². The van der Waals surface area contributed by atoms with Gasteiger partial charge in [-0.25, -0.2) is 0 Å². The summed E-state index contributed by atoms with van der Waals surface area (Å²) in [6.07, 6.45) is -23.1. The van der Waals surface area contributed by atoms with Crippen LogP contribution in [0.4, 0.5) is 0 Å². The number of rotatable bonds is 8. The number of hydrogen-bond acceptors (Lipinski definition) is 16. The third kappa shape index (κ3) is 6.38. The van der Waals surface area contributed by atoms with E-state index >= 15 is 0 Å². The van der Waals surface area contributed by atoms with Crippen molar-refractivity contribution in [3.05, 3.63) is 0 Å². The first-order valence-electron chi connectivity index (χ1n) is 11.6. The predicted molar refractivity (Wildman–Crippen MR) is 113 cm³/mol. The van der Waals surface area contributed by atoms with Gasteiger partial charge in [-0.2, -0.15) is 0 Å². The highest BCUT2D eigenvalue weighted by molar-refractivity contribution is 5.73. The number of hydrogen-bond donors (Lipinski definition) is 11. The maximum Gasteiger partial charge on any atom is 0.217 e. The number of carbonyl (C=O) groups excluding carboxylic acids is 1. The number of aliphatic hydroxyl groups excluding tert-OH is 10. The van der Waals surface area contributed by atoms with Crippen molar-refractivity contribution in [2.24, 2.45) is 0 Å². The van der Waals surface area contributed by atoms with Crippen molar-refractivity contribution in [1.29, 1.82) is 0 Å². The highest BCUT2D eigenvalue weighted by atomic mass is 16.7. The van der Waals surface area contributed by atoms with Crippen molar-refractivity contribution in [2.45, 2.75) is 99.0 Å². The van der Waals surface area contributed by atoms with Crippen LogP contribution in [0.3, 0.4) is 0 Å². The maximum absolute atomic E-state index is 11.9.